The predicted octanol–water partition coefficient (Wildman–Crippen LogP) is 5.50. The Bertz CT molecular complexity index is 924. The van der Waals surface area contributed by atoms with E-state index in [4.69, 9.17) is 4.74 Å². The summed E-state index contributed by atoms with van der Waals surface area (Å²) < 4.78 is 6.16. The van der Waals surface area contributed by atoms with Gasteiger partial charge < -0.3 is 4.74 Å². The molecule has 0 unspecified atom stereocenters. The first-order valence-electron chi connectivity index (χ1n) is 11.7. The predicted molar refractivity (Wildman–Crippen MR) is 128 cm³/mol. The number of Topliss-reactive ketones (excluding diaryl/α,β-unsaturated/α-hetero) is 1. The fourth-order valence-electron chi connectivity index (χ4n) is 3.92. The summed E-state index contributed by atoms with van der Waals surface area (Å²) >= 11 is 0. The van der Waals surface area contributed by atoms with Crippen molar-refractivity contribution in [3.63, 3.8) is 0 Å². The Balaban J connectivity index is 2.13. The first-order chi connectivity index (χ1) is 14.9. The Labute approximate surface area is 193 Å². The van der Waals surface area contributed by atoms with Gasteiger partial charge in [-0.15, -0.1) is 0 Å². The monoisotopic (exact) mass is 441 g/mol. The second-order valence-electron chi connectivity index (χ2n) is 10.1. The Morgan fingerprint density at radius 2 is 1.69 bits per heavy atom. The zero-order valence-corrected chi connectivity index (χ0v) is 21.1. The topological polar surface area (TPSA) is 63.7 Å². The van der Waals surface area contributed by atoms with Gasteiger partial charge in [-0.2, -0.15) is 0 Å². The van der Waals surface area contributed by atoms with Gasteiger partial charge in [0.15, 0.2) is 5.78 Å². The highest BCUT2D eigenvalue weighted by molar-refractivity contribution is 6.24. The third kappa shape index (κ3) is 5.48. The van der Waals surface area contributed by atoms with Crippen LogP contribution in [0.1, 0.15) is 92.2 Å². The van der Waals surface area contributed by atoms with Crippen molar-refractivity contribution in [2.24, 2.45) is 0 Å². The summed E-state index contributed by atoms with van der Waals surface area (Å²) in [6.07, 6.45) is 2.66. The van der Waals surface area contributed by atoms with E-state index in [1.165, 1.54) is 23.0 Å². The largest absolute Gasteiger partial charge is 0.493 e. The molecule has 1 aliphatic rings. The Morgan fingerprint density at radius 1 is 1.06 bits per heavy atom. The van der Waals surface area contributed by atoms with Gasteiger partial charge in [0.1, 0.15) is 5.75 Å². The normalized spacial score (nSPS) is 15.4. The first-order valence-corrected chi connectivity index (χ1v) is 11.7. The molecule has 176 valence electrons. The highest BCUT2D eigenvalue weighted by atomic mass is 16.5. The molecule has 1 aliphatic heterocycles. The number of rotatable bonds is 10. The van der Waals surface area contributed by atoms with E-state index in [2.05, 4.69) is 59.7 Å². The Morgan fingerprint density at radius 3 is 2.25 bits per heavy atom. The lowest BCUT2D eigenvalue weighted by atomic mass is 9.76. The summed E-state index contributed by atoms with van der Waals surface area (Å²) in [5.41, 5.74) is 3.24. The van der Waals surface area contributed by atoms with Gasteiger partial charge in [-0.25, -0.2) is 0 Å². The second-order valence-corrected chi connectivity index (χ2v) is 10.1. The van der Waals surface area contributed by atoms with Gasteiger partial charge in [0.2, 0.25) is 5.91 Å². The number of imide groups is 1. The molecular formula is C27H39NO4. The van der Waals surface area contributed by atoms with Gasteiger partial charge in [0.05, 0.1) is 12.2 Å². The standard InChI is InChI=1S/C27H39NO4/c1-9-26(5,6)20-12-13-22(21(17-20)27(7,8)10-2)32-15-11-14-28-23(30)16-18(3)24(19(4)29)25(28)31/h12-13,17H,9-11,14-16H2,1-8H3. The van der Waals surface area contributed by atoms with Crippen molar-refractivity contribution >= 4 is 17.6 Å². The third-order valence-corrected chi connectivity index (χ3v) is 7.00. The molecule has 0 atom stereocenters. The van der Waals surface area contributed by atoms with Crippen LogP contribution in [0.5, 0.6) is 5.75 Å². The number of hydrogen-bond donors (Lipinski definition) is 0. The quantitative estimate of drug-likeness (QED) is 0.273. The summed E-state index contributed by atoms with van der Waals surface area (Å²) in [5.74, 6) is -0.173. The lowest BCUT2D eigenvalue weighted by Crippen LogP contribution is -2.43. The van der Waals surface area contributed by atoms with E-state index in [0.717, 1.165) is 18.6 Å². The molecule has 0 aromatic heterocycles. The summed E-state index contributed by atoms with van der Waals surface area (Å²) in [5, 5.41) is 0. The van der Waals surface area contributed by atoms with Gasteiger partial charge in [-0.1, -0.05) is 53.7 Å². The van der Waals surface area contributed by atoms with Crippen LogP contribution in [0.3, 0.4) is 0 Å². The molecule has 2 amide bonds. The van der Waals surface area contributed by atoms with Crippen molar-refractivity contribution in [1.29, 1.82) is 0 Å². The molecule has 5 heteroatoms. The number of ketones is 1. The molecule has 0 aliphatic carbocycles. The number of carbonyl (C=O) groups excluding carboxylic acids is 3. The van der Waals surface area contributed by atoms with Crippen LogP contribution < -0.4 is 4.74 Å². The van der Waals surface area contributed by atoms with E-state index in [1.54, 1.807) is 6.92 Å². The van der Waals surface area contributed by atoms with E-state index in [-0.39, 0.29) is 41.1 Å². The Kier molecular flexibility index (Phi) is 8.08. The van der Waals surface area contributed by atoms with E-state index in [9.17, 15) is 14.4 Å². The number of hydrogen-bond acceptors (Lipinski definition) is 4. The maximum absolute atomic E-state index is 12.6. The van der Waals surface area contributed by atoms with Crippen molar-refractivity contribution in [1.82, 2.24) is 4.90 Å². The average molecular weight is 442 g/mol. The molecular weight excluding hydrogens is 402 g/mol. The van der Waals surface area contributed by atoms with Crippen LogP contribution in [0.15, 0.2) is 29.3 Å². The van der Waals surface area contributed by atoms with E-state index in [1.807, 2.05) is 0 Å². The first kappa shape index (κ1) is 25.8. The van der Waals surface area contributed by atoms with Gasteiger partial charge in [0.25, 0.3) is 5.91 Å². The highest BCUT2D eigenvalue weighted by Crippen LogP contribution is 2.38. The van der Waals surface area contributed by atoms with Crippen molar-refractivity contribution in [2.75, 3.05) is 13.2 Å². The van der Waals surface area contributed by atoms with E-state index in [0.29, 0.717) is 18.6 Å². The molecule has 32 heavy (non-hydrogen) atoms. The fraction of sp³-hybridized carbons (Fsp3) is 0.593. The number of nitrogens with zero attached hydrogens (tertiary/aromatic N) is 1. The maximum Gasteiger partial charge on any atom is 0.264 e. The van der Waals surface area contributed by atoms with Crippen molar-refractivity contribution in [3.8, 4) is 5.75 Å². The number of ether oxygens (including phenoxy) is 1. The van der Waals surface area contributed by atoms with Gasteiger partial charge in [-0.05, 0) is 61.1 Å². The molecule has 1 aromatic rings. The van der Waals surface area contributed by atoms with Gasteiger partial charge >= 0.3 is 0 Å². The molecule has 0 saturated heterocycles. The molecule has 5 nitrogen and oxygen atoms in total. The molecule has 1 aromatic carbocycles. The zero-order valence-electron chi connectivity index (χ0n) is 21.1. The van der Waals surface area contributed by atoms with Crippen molar-refractivity contribution in [3.05, 3.63) is 40.5 Å². The van der Waals surface area contributed by atoms with E-state index < -0.39 is 5.91 Å². The summed E-state index contributed by atoms with van der Waals surface area (Å²) in [6, 6.07) is 6.46. The van der Waals surface area contributed by atoms with Crippen LogP contribution in [0, 0.1) is 0 Å². The lowest BCUT2D eigenvalue weighted by Gasteiger charge is -2.30. The molecule has 2 rings (SSSR count). The van der Waals surface area contributed by atoms with Crippen LogP contribution in [-0.4, -0.2) is 35.6 Å². The average Bonchev–Trinajstić information content (AvgIpc) is 2.72. The Hall–Kier alpha value is -2.43. The molecule has 1 heterocycles. The molecule has 0 radical (unpaired) electrons. The summed E-state index contributed by atoms with van der Waals surface area (Å²) in [6.45, 7) is 17.0. The van der Waals surface area contributed by atoms with Crippen molar-refractivity contribution in [2.45, 2.75) is 91.9 Å². The highest BCUT2D eigenvalue weighted by Gasteiger charge is 2.33. The SMILES string of the molecule is CCC(C)(C)c1ccc(OCCCN2C(=O)CC(C)=C(C(C)=O)C2=O)c(C(C)(C)CC)c1. The lowest BCUT2D eigenvalue weighted by molar-refractivity contribution is -0.143. The number of carbonyl (C=O) groups is 3. The van der Waals surface area contributed by atoms with Crippen LogP contribution in [-0.2, 0) is 25.2 Å². The molecule has 0 saturated carbocycles. The minimum Gasteiger partial charge on any atom is -0.493 e. The number of benzene rings is 1. The minimum atomic E-state index is -0.481. The van der Waals surface area contributed by atoms with Crippen molar-refractivity contribution < 1.29 is 19.1 Å². The zero-order chi connectivity index (χ0) is 24.3. The van der Waals surface area contributed by atoms with Crippen LogP contribution >= 0.6 is 0 Å². The van der Waals surface area contributed by atoms with Gasteiger partial charge in [-0.3, -0.25) is 19.3 Å². The smallest absolute Gasteiger partial charge is 0.264 e. The maximum atomic E-state index is 12.6. The molecule has 0 spiro atoms. The van der Waals surface area contributed by atoms with Crippen LogP contribution in [0.25, 0.3) is 0 Å². The summed E-state index contributed by atoms with van der Waals surface area (Å²) in [4.78, 5) is 38.0. The minimum absolute atomic E-state index is 0.0350. The summed E-state index contributed by atoms with van der Waals surface area (Å²) in [7, 11) is 0. The van der Waals surface area contributed by atoms with E-state index >= 15 is 0 Å². The third-order valence-electron chi connectivity index (χ3n) is 7.00. The number of amides is 2. The molecule has 0 fully saturated rings. The molecule has 0 bridgehead atoms. The molecule has 0 N–H and O–H groups in total. The van der Waals surface area contributed by atoms with Crippen LogP contribution in [0.2, 0.25) is 0 Å². The second kappa shape index (κ2) is 10.0. The van der Waals surface area contributed by atoms with Crippen LogP contribution in [0.4, 0.5) is 0 Å². The fourth-order valence-corrected chi connectivity index (χ4v) is 3.92. The van der Waals surface area contributed by atoms with Gasteiger partial charge in [0, 0.05) is 18.5 Å².